The van der Waals surface area contributed by atoms with E-state index in [4.69, 9.17) is 0 Å². The molecular weight excluding hydrogens is 431 g/mol. The zero-order valence-corrected chi connectivity index (χ0v) is 16.6. The van der Waals surface area contributed by atoms with E-state index in [9.17, 15) is 31.2 Å². The average molecular weight is 447 g/mol. The lowest BCUT2D eigenvalue weighted by atomic mass is 10.1. The number of hydrazine groups is 1. The number of carbonyl (C=O) groups excluding carboxylic acids is 2. The summed E-state index contributed by atoms with van der Waals surface area (Å²) in [6.07, 6.45) is -3.56. The predicted molar refractivity (Wildman–Crippen MR) is 98.7 cm³/mol. The highest BCUT2D eigenvalue weighted by molar-refractivity contribution is 7.89. The van der Waals surface area contributed by atoms with Crippen LogP contribution in [0.15, 0.2) is 39.9 Å². The largest absolute Gasteiger partial charge is 0.417 e. The molecule has 2 N–H and O–H groups in total. The first-order valence-corrected chi connectivity index (χ1v) is 10.7. The molecule has 2 aromatic rings. The van der Waals surface area contributed by atoms with Gasteiger partial charge in [0.1, 0.15) is 0 Å². The lowest BCUT2D eigenvalue weighted by Gasteiger charge is -2.19. The molecule has 1 fully saturated rings. The molecule has 0 atom stereocenters. The van der Waals surface area contributed by atoms with Gasteiger partial charge in [-0.2, -0.15) is 28.8 Å². The van der Waals surface area contributed by atoms with Gasteiger partial charge in [0.05, 0.1) is 21.6 Å². The highest BCUT2D eigenvalue weighted by atomic mass is 32.2. The summed E-state index contributed by atoms with van der Waals surface area (Å²) in [6.45, 7) is 0. The zero-order chi connectivity index (χ0) is 21.4. The van der Waals surface area contributed by atoms with Crippen LogP contribution in [0.5, 0.6) is 0 Å². The molecule has 1 saturated carbocycles. The molecule has 1 aliphatic carbocycles. The first-order chi connectivity index (χ1) is 13.5. The van der Waals surface area contributed by atoms with Crippen molar-refractivity contribution in [3.63, 3.8) is 0 Å². The third kappa shape index (κ3) is 4.60. The Kier molecular flexibility index (Phi) is 5.70. The number of nitrogens with one attached hydrogen (secondary N) is 2. The van der Waals surface area contributed by atoms with Gasteiger partial charge in [-0.25, -0.2) is 8.42 Å². The molecule has 1 heterocycles. The fourth-order valence-corrected chi connectivity index (χ4v) is 4.64. The standard InChI is InChI=1S/C17H16F3N3O4S2/c1-23(11-2-3-11)29(26,27)12-4-5-14(17(18,19)20)13(8-12)16(25)22-21-15(24)10-6-7-28-9-10/h4-9,11H,2-3H2,1H3,(H,21,24)(H,22,25). The summed E-state index contributed by atoms with van der Waals surface area (Å²) in [5, 5.41) is 3.10. The van der Waals surface area contributed by atoms with Gasteiger partial charge in [0.2, 0.25) is 10.0 Å². The third-order valence-corrected chi connectivity index (χ3v) is 6.94. The summed E-state index contributed by atoms with van der Waals surface area (Å²) in [5.74, 6) is -2.00. The van der Waals surface area contributed by atoms with Crippen LogP contribution in [0.1, 0.15) is 39.1 Å². The monoisotopic (exact) mass is 447 g/mol. The second-order valence-corrected chi connectivity index (χ2v) is 9.16. The minimum atomic E-state index is -4.89. The molecule has 1 aliphatic rings. The molecule has 0 unspecified atom stereocenters. The molecular formula is C17H16F3N3O4S2. The van der Waals surface area contributed by atoms with Crippen molar-refractivity contribution in [3.05, 3.63) is 51.7 Å². The molecule has 0 spiro atoms. The van der Waals surface area contributed by atoms with E-state index in [1.54, 1.807) is 5.38 Å². The van der Waals surface area contributed by atoms with Crippen molar-refractivity contribution >= 4 is 33.2 Å². The minimum Gasteiger partial charge on any atom is -0.267 e. The predicted octanol–water partition coefficient (Wildman–Crippen LogP) is 2.62. The van der Waals surface area contributed by atoms with Gasteiger partial charge in [0.15, 0.2) is 0 Å². The molecule has 7 nitrogen and oxygen atoms in total. The number of hydrogen-bond donors (Lipinski definition) is 2. The van der Waals surface area contributed by atoms with Crippen molar-refractivity contribution < 1.29 is 31.2 Å². The molecule has 3 rings (SSSR count). The normalized spacial score (nSPS) is 14.7. The highest BCUT2D eigenvalue weighted by Gasteiger charge is 2.39. The van der Waals surface area contributed by atoms with Gasteiger partial charge >= 0.3 is 6.18 Å². The lowest BCUT2D eigenvalue weighted by Crippen LogP contribution is -2.42. The number of hydrogen-bond acceptors (Lipinski definition) is 5. The molecule has 29 heavy (non-hydrogen) atoms. The Morgan fingerprint density at radius 1 is 1.14 bits per heavy atom. The van der Waals surface area contributed by atoms with Crippen molar-refractivity contribution in [2.75, 3.05) is 7.05 Å². The van der Waals surface area contributed by atoms with Gasteiger partial charge in [-0.05, 0) is 42.5 Å². The Bertz CT molecular complexity index is 1030. The van der Waals surface area contributed by atoms with E-state index >= 15 is 0 Å². The Morgan fingerprint density at radius 3 is 2.34 bits per heavy atom. The van der Waals surface area contributed by atoms with Crippen molar-refractivity contribution in [3.8, 4) is 0 Å². The van der Waals surface area contributed by atoms with Crippen LogP contribution >= 0.6 is 11.3 Å². The lowest BCUT2D eigenvalue weighted by molar-refractivity contribution is -0.138. The van der Waals surface area contributed by atoms with Crippen molar-refractivity contribution in [2.45, 2.75) is 30.0 Å². The number of rotatable bonds is 5. The van der Waals surface area contributed by atoms with Crippen molar-refractivity contribution in [1.29, 1.82) is 0 Å². The second kappa shape index (κ2) is 7.76. The highest BCUT2D eigenvalue weighted by Crippen LogP contribution is 2.35. The summed E-state index contributed by atoms with van der Waals surface area (Å²) >= 11 is 1.23. The number of halogens is 3. The van der Waals surface area contributed by atoms with Crippen LogP contribution in [0.2, 0.25) is 0 Å². The maximum atomic E-state index is 13.3. The molecule has 0 saturated heterocycles. The first-order valence-electron chi connectivity index (χ1n) is 8.34. The Labute approximate surface area is 168 Å². The fourth-order valence-electron chi connectivity index (χ4n) is 2.57. The second-order valence-electron chi connectivity index (χ2n) is 6.38. The van der Waals surface area contributed by atoms with Crippen LogP contribution in [-0.2, 0) is 16.2 Å². The van der Waals surface area contributed by atoms with E-state index in [0.29, 0.717) is 25.0 Å². The van der Waals surface area contributed by atoms with Crippen molar-refractivity contribution in [1.82, 2.24) is 15.2 Å². The van der Waals surface area contributed by atoms with Gasteiger partial charge in [0, 0.05) is 18.5 Å². The molecule has 2 amide bonds. The first kappa shape index (κ1) is 21.3. The molecule has 1 aromatic carbocycles. The quantitative estimate of drug-likeness (QED) is 0.689. The van der Waals surface area contributed by atoms with E-state index in [1.807, 2.05) is 10.9 Å². The van der Waals surface area contributed by atoms with Gasteiger partial charge in [0.25, 0.3) is 11.8 Å². The summed E-state index contributed by atoms with van der Waals surface area (Å²) in [6, 6.07) is 3.29. The number of carbonyl (C=O) groups is 2. The van der Waals surface area contributed by atoms with Gasteiger partial charge < -0.3 is 0 Å². The SMILES string of the molecule is CN(C1CC1)S(=O)(=O)c1ccc(C(F)(F)F)c(C(=O)NNC(=O)c2ccsc2)c1. The number of sulfonamides is 1. The van der Waals surface area contributed by atoms with Crippen LogP contribution in [0.4, 0.5) is 13.2 Å². The van der Waals surface area contributed by atoms with Crippen LogP contribution in [0.25, 0.3) is 0 Å². The molecule has 0 aliphatic heterocycles. The average Bonchev–Trinajstić information content (AvgIpc) is 3.37. The van der Waals surface area contributed by atoms with E-state index in [0.717, 1.165) is 10.4 Å². The smallest absolute Gasteiger partial charge is 0.267 e. The maximum absolute atomic E-state index is 13.3. The van der Waals surface area contributed by atoms with Crippen LogP contribution in [0, 0.1) is 0 Å². The Balaban J connectivity index is 1.90. The Hall–Kier alpha value is -2.44. The van der Waals surface area contributed by atoms with Crippen LogP contribution < -0.4 is 10.9 Å². The zero-order valence-electron chi connectivity index (χ0n) is 15.0. The van der Waals surface area contributed by atoms with Crippen molar-refractivity contribution in [2.24, 2.45) is 0 Å². The Morgan fingerprint density at radius 2 is 1.79 bits per heavy atom. The number of alkyl halides is 3. The summed E-state index contributed by atoms with van der Waals surface area (Å²) in [5.41, 5.74) is 1.91. The fraction of sp³-hybridized carbons (Fsp3) is 0.294. The van der Waals surface area contributed by atoms with Gasteiger partial charge in [-0.15, -0.1) is 0 Å². The van der Waals surface area contributed by atoms with Gasteiger partial charge in [-0.3, -0.25) is 20.4 Å². The topological polar surface area (TPSA) is 95.6 Å². The van der Waals surface area contributed by atoms with Crippen LogP contribution in [0.3, 0.4) is 0 Å². The molecule has 1 aromatic heterocycles. The molecule has 12 heteroatoms. The number of nitrogens with zero attached hydrogens (tertiary/aromatic N) is 1. The van der Waals surface area contributed by atoms with E-state index < -0.39 is 44.0 Å². The maximum Gasteiger partial charge on any atom is 0.417 e. The molecule has 0 radical (unpaired) electrons. The summed E-state index contributed by atoms with van der Waals surface area (Å²) in [4.78, 5) is 23.8. The number of thiophene rings is 1. The summed E-state index contributed by atoms with van der Waals surface area (Å²) in [7, 11) is -2.72. The van der Waals surface area contributed by atoms with E-state index in [1.165, 1.54) is 29.8 Å². The molecule has 156 valence electrons. The van der Waals surface area contributed by atoms with Gasteiger partial charge in [-0.1, -0.05) is 0 Å². The minimum absolute atomic E-state index is 0.204. The van der Waals surface area contributed by atoms with E-state index in [2.05, 4.69) is 0 Å². The molecule has 0 bridgehead atoms. The number of amides is 2. The van der Waals surface area contributed by atoms with Crippen LogP contribution in [-0.4, -0.2) is 37.6 Å². The van der Waals surface area contributed by atoms with E-state index in [-0.39, 0.29) is 11.6 Å². The summed E-state index contributed by atoms with van der Waals surface area (Å²) < 4.78 is 66.3. The third-order valence-electron chi connectivity index (χ3n) is 4.35. The number of benzene rings is 1.